The number of aromatic nitrogens is 3. The van der Waals surface area contributed by atoms with Crippen LogP contribution in [0.4, 0.5) is 13.2 Å². The number of alkyl halides is 3. The molecule has 4 nitrogen and oxygen atoms in total. The van der Waals surface area contributed by atoms with Crippen LogP contribution < -0.4 is 0 Å². The Bertz CT molecular complexity index is 1370. The number of carbonyl (C=O) groups is 1. The topological polar surface area (TPSA) is 47.8 Å². The molecule has 0 bridgehead atoms. The van der Waals surface area contributed by atoms with Crippen molar-refractivity contribution in [3.8, 4) is 17.1 Å². The summed E-state index contributed by atoms with van der Waals surface area (Å²) in [6, 6.07) is 17.8. The van der Waals surface area contributed by atoms with Crippen molar-refractivity contribution in [2.75, 3.05) is 5.75 Å². The lowest BCUT2D eigenvalue weighted by Crippen LogP contribution is -2.08. The van der Waals surface area contributed by atoms with Crippen LogP contribution in [-0.4, -0.2) is 26.3 Å². The Morgan fingerprint density at radius 2 is 1.76 bits per heavy atom. The molecule has 4 aromatic rings. The van der Waals surface area contributed by atoms with Crippen LogP contribution in [0.1, 0.15) is 27.0 Å². The molecule has 174 valence electrons. The number of thioether (sulfide) groups is 1. The number of Topliss-reactive ketones (excluding diaryl/α,β-unsaturated/α-hetero) is 1. The van der Waals surface area contributed by atoms with Gasteiger partial charge in [0.1, 0.15) is 0 Å². The summed E-state index contributed by atoms with van der Waals surface area (Å²) < 4.78 is 42.5. The van der Waals surface area contributed by atoms with Crippen LogP contribution in [0.3, 0.4) is 0 Å². The van der Waals surface area contributed by atoms with Gasteiger partial charge < -0.3 is 0 Å². The van der Waals surface area contributed by atoms with Crippen LogP contribution in [0.25, 0.3) is 17.1 Å². The SMILES string of the molecule is Cc1ccc(C(=O)CSc2nnc(-c3ccccc3Br)n2-c2cccc(C(F)(F)F)c2)c(C)c1. The quantitative estimate of drug-likeness (QED) is 0.188. The molecule has 4 rings (SSSR count). The van der Waals surface area contributed by atoms with Gasteiger partial charge >= 0.3 is 6.18 Å². The largest absolute Gasteiger partial charge is 0.416 e. The van der Waals surface area contributed by atoms with E-state index in [9.17, 15) is 18.0 Å². The molecular weight excluding hydrogens is 527 g/mol. The smallest absolute Gasteiger partial charge is 0.293 e. The summed E-state index contributed by atoms with van der Waals surface area (Å²) in [5, 5.41) is 8.81. The van der Waals surface area contributed by atoms with Gasteiger partial charge in [-0.1, -0.05) is 75.7 Å². The lowest BCUT2D eigenvalue weighted by molar-refractivity contribution is -0.137. The van der Waals surface area contributed by atoms with E-state index in [0.717, 1.165) is 39.5 Å². The fraction of sp³-hybridized carbons (Fsp3) is 0.160. The fourth-order valence-electron chi connectivity index (χ4n) is 3.57. The summed E-state index contributed by atoms with van der Waals surface area (Å²) in [7, 11) is 0. The average molecular weight is 546 g/mol. The molecule has 0 atom stereocenters. The second-order valence-corrected chi connectivity index (χ2v) is 9.50. The molecule has 1 heterocycles. The molecule has 0 unspecified atom stereocenters. The number of hydrogen-bond acceptors (Lipinski definition) is 4. The minimum atomic E-state index is -4.50. The Balaban J connectivity index is 1.75. The van der Waals surface area contributed by atoms with Gasteiger partial charge in [-0.15, -0.1) is 10.2 Å². The van der Waals surface area contributed by atoms with Crippen molar-refractivity contribution in [3.05, 3.63) is 93.5 Å². The summed E-state index contributed by atoms with van der Waals surface area (Å²) in [6.07, 6.45) is -4.50. The van der Waals surface area contributed by atoms with Crippen LogP contribution in [0.15, 0.2) is 76.4 Å². The monoisotopic (exact) mass is 545 g/mol. The Morgan fingerprint density at radius 1 is 1.00 bits per heavy atom. The predicted molar refractivity (Wildman–Crippen MR) is 130 cm³/mol. The highest BCUT2D eigenvalue weighted by Crippen LogP contribution is 2.35. The van der Waals surface area contributed by atoms with E-state index in [1.807, 2.05) is 44.2 Å². The molecule has 0 saturated carbocycles. The molecule has 0 amide bonds. The third-order valence-electron chi connectivity index (χ3n) is 5.19. The number of carbonyl (C=O) groups excluding carboxylic acids is 1. The predicted octanol–water partition coefficient (Wildman–Crippen LogP) is 7.31. The molecule has 0 radical (unpaired) electrons. The van der Waals surface area contributed by atoms with Gasteiger partial charge in [0, 0.05) is 15.6 Å². The molecule has 9 heteroatoms. The van der Waals surface area contributed by atoms with Crippen LogP contribution in [0.2, 0.25) is 0 Å². The van der Waals surface area contributed by atoms with Gasteiger partial charge in [0.05, 0.1) is 17.0 Å². The van der Waals surface area contributed by atoms with E-state index >= 15 is 0 Å². The van der Waals surface area contributed by atoms with Crippen LogP contribution in [-0.2, 0) is 6.18 Å². The number of nitrogens with zero attached hydrogens (tertiary/aromatic N) is 3. The molecule has 0 fully saturated rings. The van der Waals surface area contributed by atoms with E-state index in [-0.39, 0.29) is 17.2 Å². The second kappa shape index (κ2) is 9.76. The van der Waals surface area contributed by atoms with Gasteiger partial charge in [0.25, 0.3) is 0 Å². The zero-order valence-electron chi connectivity index (χ0n) is 18.2. The second-order valence-electron chi connectivity index (χ2n) is 7.70. The molecule has 0 N–H and O–H groups in total. The Labute approximate surface area is 207 Å². The molecule has 3 aromatic carbocycles. The zero-order chi connectivity index (χ0) is 24.5. The number of rotatable bonds is 6. The summed E-state index contributed by atoms with van der Waals surface area (Å²) in [5.74, 6) is 0.341. The molecule has 0 spiro atoms. The first-order chi connectivity index (χ1) is 16.1. The number of hydrogen-bond donors (Lipinski definition) is 0. The van der Waals surface area contributed by atoms with Crippen molar-refractivity contribution in [2.45, 2.75) is 25.2 Å². The molecule has 1 aromatic heterocycles. The fourth-order valence-corrected chi connectivity index (χ4v) is 4.87. The standard InChI is InChI=1S/C25H19BrF3N3OS/c1-15-10-11-19(16(2)12-15)22(33)14-34-24-31-30-23(20-8-3-4-9-21(20)26)32(24)18-7-5-6-17(13-18)25(27,28)29/h3-13H,14H2,1-2H3. The summed E-state index contributed by atoms with van der Waals surface area (Å²) >= 11 is 4.62. The van der Waals surface area contributed by atoms with Crippen molar-refractivity contribution in [3.63, 3.8) is 0 Å². The third-order valence-corrected chi connectivity index (χ3v) is 6.81. The molecule has 0 aliphatic carbocycles. The summed E-state index contributed by atoms with van der Waals surface area (Å²) in [6.45, 7) is 3.83. The highest BCUT2D eigenvalue weighted by atomic mass is 79.9. The minimum Gasteiger partial charge on any atom is -0.293 e. The first-order valence-corrected chi connectivity index (χ1v) is 12.0. The minimum absolute atomic E-state index is 0.0664. The maximum Gasteiger partial charge on any atom is 0.416 e. The van der Waals surface area contributed by atoms with Crippen molar-refractivity contribution < 1.29 is 18.0 Å². The van der Waals surface area contributed by atoms with Crippen molar-refractivity contribution in [1.29, 1.82) is 0 Å². The van der Waals surface area contributed by atoms with Crippen LogP contribution >= 0.6 is 27.7 Å². The Kier molecular flexibility index (Phi) is 6.95. The molecule has 0 saturated heterocycles. The maximum absolute atomic E-state index is 13.4. The summed E-state index contributed by atoms with van der Waals surface area (Å²) in [5.41, 5.74) is 2.68. The normalized spacial score (nSPS) is 11.6. The molecular formula is C25H19BrF3N3OS. The lowest BCUT2D eigenvalue weighted by Gasteiger charge is -2.14. The van der Waals surface area contributed by atoms with Crippen molar-refractivity contribution >= 4 is 33.5 Å². The van der Waals surface area contributed by atoms with E-state index < -0.39 is 11.7 Å². The lowest BCUT2D eigenvalue weighted by atomic mass is 10.0. The maximum atomic E-state index is 13.4. The zero-order valence-corrected chi connectivity index (χ0v) is 20.6. The van der Waals surface area contributed by atoms with Crippen molar-refractivity contribution in [2.24, 2.45) is 0 Å². The van der Waals surface area contributed by atoms with Gasteiger partial charge in [0.15, 0.2) is 16.8 Å². The number of halogens is 4. The Hall–Kier alpha value is -2.91. The van der Waals surface area contributed by atoms with E-state index in [0.29, 0.717) is 22.1 Å². The highest BCUT2D eigenvalue weighted by molar-refractivity contribution is 9.10. The van der Waals surface area contributed by atoms with Gasteiger partial charge in [-0.05, 0) is 43.7 Å². The number of aryl methyl sites for hydroxylation is 2. The first-order valence-electron chi connectivity index (χ1n) is 10.3. The van der Waals surface area contributed by atoms with Gasteiger partial charge in [-0.2, -0.15) is 13.2 Å². The van der Waals surface area contributed by atoms with Gasteiger partial charge in [0.2, 0.25) is 0 Å². The van der Waals surface area contributed by atoms with E-state index in [1.54, 1.807) is 22.8 Å². The van der Waals surface area contributed by atoms with Gasteiger partial charge in [-0.25, -0.2) is 0 Å². The van der Waals surface area contributed by atoms with Crippen LogP contribution in [0, 0.1) is 13.8 Å². The van der Waals surface area contributed by atoms with E-state index in [4.69, 9.17) is 0 Å². The van der Waals surface area contributed by atoms with Crippen molar-refractivity contribution in [1.82, 2.24) is 14.8 Å². The van der Waals surface area contributed by atoms with Gasteiger partial charge in [-0.3, -0.25) is 9.36 Å². The van der Waals surface area contributed by atoms with Crippen LogP contribution in [0.5, 0.6) is 0 Å². The number of benzene rings is 3. The van der Waals surface area contributed by atoms with E-state index in [2.05, 4.69) is 26.1 Å². The third kappa shape index (κ3) is 5.10. The number of ketones is 1. The average Bonchev–Trinajstić information content (AvgIpc) is 3.21. The highest BCUT2D eigenvalue weighted by Gasteiger charge is 2.31. The first kappa shape index (κ1) is 24.2. The summed E-state index contributed by atoms with van der Waals surface area (Å²) in [4.78, 5) is 12.9. The molecule has 0 aliphatic heterocycles. The molecule has 34 heavy (non-hydrogen) atoms. The van der Waals surface area contributed by atoms with E-state index in [1.165, 1.54) is 6.07 Å². The Morgan fingerprint density at radius 3 is 2.47 bits per heavy atom. The molecule has 0 aliphatic rings.